The summed E-state index contributed by atoms with van der Waals surface area (Å²) < 4.78 is 0. The van der Waals surface area contributed by atoms with E-state index in [9.17, 15) is 0 Å². The maximum atomic E-state index is 4.01. The smallest absolute Gasteiger partial charge is 0.0333 e. The molecule has 1 unspecified atom stereocenters. The van der Waals surface area contributed by atoms with Gasteiger partial charge in [0.2, 0.25) is 0 Å². The molecule has 3 aliphatic rings. The van der Waals surface area contributed by atoms with Gasteiger partial charge in [-0.1, -0.05) is 12.8 Å². The first kappa shape index (κ1) is 13.3. The zero-order valence-corrected chi connectivity index (χ0v) is 13.3. The number of aryl methyl sites for hydroxylation is 1. The van der Waals surface area contributed by atoms with Crippen molar-refractivity contribution in [3.05, 3.63) is 21.9 Å². The van der Waals surface area contributed by atoms with Gasteiger partial charge in [-0.05, 0) is 80.2 Å². The Labute approximate surface area is 127 Å². The van der Waals surface area contributed by atoms with E-state index in [1.165, 1.54) is 70.6 Å². The summed E-state index contributed by atoms with van der Waals surface area (Å²) in [6, 6.07) is 3.82. The van der Waals surface area contributed by atoms with Crippen LogP contribution in [0.2, 0.25) is 0 Å². The Bertz CT molecular complexity index is 448. The molecule has 1 nitrogen and oxygen atoms in total. The Morgan fingerprint density at radius 3 is 2.60 bits per heavy atom. The molecule has 2 saturated carbocycles. The van der Waals surface area contributed by atoms with Crippen LogP contribution in [0.1, 0.15) is 80.7 Å². The van der Waals surface area contributed by atoms with Gasteiger partial charge in [0.05, 0.1) is 0 Å². The fourth-order valence-corrected chi connectivity index (χ4v) is 5.95. The van der Waals surface area contributed by atoms with Crippen molar-refractivity contribution in [1.29, 1.82) is 0 Å². The van der Waals surface area contributed by atoms with Crippen LogP contribution in [0, 0.1) is 5.41 Å². The molecule has 0 amide bonds. The first-order chi connectivity index (χ1) is 9.85. The summed E-state index contributed by atoms with van der Waals surface area (Å²) in [5.74, 6) is 0. The second-order valence-corrected chi connectivity index (χ2v) is 8.39. The van der Waals surface area contributed by atoms with E-state index in [1.807, 2.05) is 11.3 Å². The van der Waals surface area contributed by atoms with Gasteiger partial charge in [-0.3, -0.25) is 0 Å². The lowest BCUT2D eigenvalue weighted by atomic mass is 9.71. The molecular weight excluding hydrogens is 262 g/mol. The first-order valence-corrected chi connectivity index (χ1v) is 9.55. The second kappa shape index (κ2) is 5.46. The van der Waals surface area contributed by atoms with E-state index in [2.05, 4.69) is 16.8 Å². The summed E-state index contributed by atoms with van der Waals surface area (Å²) in [5.41, 5.74) is 2.40. The SMILES string of the molecule is c1cc2c(s1)CCCC2NC1CCC2(CCCC2)CC1. The number of thiophene rings is 1. The minimum atomic E-state index is 0.660. The topological polar surface area (TPSA) is 12.0 Å². The summed E-state index contributed by atoms with van der Waals surface area (Å²) in [7, 11) is 0. The van der Waals surface area contributed by atoms with Gasteiger partial charge in [-0.15, -0.1) is 11.3 Å². The van der Waals surface area contributed by atoms with E-state index >= 15 is 0 Å². The van der Waals surface area contributed by atoms with Gasteiger partial charge in [0.1, 0.15) is 0 Å². The fourth-order valence-electron chi connectivity index (χ4n) is 4.97. The molecule has 2 heteroatoms. The Morgan fingerprint density at radius 1 is 1.00 bits per heavy atom. The molecule has 1 N–H and O–H groups in total. The monoisotopic (exact) mass is 289 g/mol. The van der Waals surface area contributed by atoms with Crippen LogP contribution < -0.4 is 5.32 Å². The van der Waals surface area contributed by atoms with Gasteiger partial charge in [0, 0.05) is 17.0 Å². The van der Waals surface area contributed by atoms with Crippen molar-refractivity contribution in [2.24, 2.45) is 5.41 Å². The third-order valence-electron chi connectivity index (χ3n) is 6.20. The van der Waals surface area contributed by atoms with E-state index < -0.39 is 0 Å². The highest BCUT2D eigenvalue weighted by molar-refractivity contribution is 7.10. The van der Waals surface area contributed by atoms with Gasteiger partial charge in [-0.2, -0.15) is 0 Å². The average molecular weight is 289 g/mol. The average Bonchev–Trinajstić information content (AvgIpc) is 3.12. The molecule has 3 aliphatic carbocycles. The fraction of sp³-hybridized carbons (Fsp3) is 0.778. The summed E-state index contributed by atoms with van der Waals surface area (Å²) in [6.07, 6.45) is 15.9. The zero-order valence-electron chi connectivity index (χ0n) is 12.5. The van der Waals surface area contributed by atoms with Crippen molar-refractivity contribution >= 4 is 11.3 Å². The predicted molar refractivity (Wildman–Crippen MR) is 86.3 cm³/mol. The standard InChI is InChI=1S/C18H27NS/c1-2-10-18(9-1)11-6-14(7-12-18)19-16-4-3-5-17-15(16)8-13-20-17/h8,13-14,16,19H,1-7,9-12H2. The summed E-state index contributed by atoms with van der Waals surface area (Å²) in [6.45, 7) is 0. The van der Waals surface area contributed by atoms with E-state index in [-0.39, 0.29) is 0 Å². The van der Waals surface area contributed by atoms with E-state index in [0.29, 0.717) is 6.04 Å². The van der Waals surface area contributed by atoms with E-state index in [0.717, 1.165) is 11.5 Å². The molecule has 0 aliphatic heterocycles. The van der Waals surface area contributed by atoms with Crippen LogP contribution in [0.5, 0.6) is 0 Å². The Balaban J connectivity index is 1.37. The zero-order chi connectivity index (χ0) is 13.4. The maximum Gasteiger partial charge on any atom is 0.0333 e. The summed E-state index contributed by atoms with van der Waals surface area (Å²) in [5, 5.41) is 6.30. The largest absolute Gasteiger partial charge is 0.307 e. The van der Waals surface area contributed by atoms with E-state index in [1.54, 1.807) is 10.4 Å². The van der Waals surface area contributed by atoms with Crippen LogP contribution in [0.4, 0.5) is 0 Å². The van der Waals surface area contributed by atoms with Crippen molar-refractivity contribution in [2.45, 2.75) is 82.7 Å². The van der Waals surface area contributed by atoms with Gasteiger partial charge in [0.15, 0.2) is 0 Å². The van der Waals surface area contributed by atoms with Crippen LogP contribution in [-0.4, -0.2) is 6.04 Å². The molecule has 2 fully saturated rings. The minimum Gasteiger partial charge on any atom is -0.307 e. The highest BCUT2D eigenvalue weighted by Gasteiger charge is 2.38. The van der Waals surface area contributed by atoms with E-state index in [4.69, 9.17) is 0 Å². The van der Waals surface area contributed by atoms with Crippen LogP contribution in [-0.2, 0) is 6.42 Å². The lowest BCUT2D eigenvalue weighted by Gasteiger charge is -2.39. The van der Waals surface area contributed by atoms with Crippen LogP contribution in [0.3, 0.4) is 0 Å². The van der Waals surface area contributed by atoms with Crippen molar-refractivity contribution in [2.75, 3.05) is 0 Å². The molecule has 1 heterocycles. The number of rotatable bonds is 2. The third kappa shape index (κ3) is 2.46. The van der Waals surface area contributed by atoms with Gasteiger partial charge >= 0.3 is 0 Å². The van der Waals surface area contributed by atoms with Gasteiger partial charge in [-0.25, -0.2) is 0 Å². The molecule has 1 aromatic rings. The van der Waals surface area contributed by atoms with Crippen LogP contribution in [0.25, 0.3) is 0 Å². The van der Waals surface area contributed by atoms with Crippen molar-refractivity contribution < 1.29 is 0 Å². The minimum absolute atomic E-state index is 0.660. The number of hydrogen-bond acceptors (Lipinski definition) is 2. The third-order valence-corrected chi connectivity index (χ3v) is 7.20. The first-order valence-electron chi connectivity index (χ1n) is 8.67. The van der Waals surface area contributed by atoms with Crippen molar-refractivity contribution in [1.82, 2.24) is 5.32 Å². The van der Waals surface area contributed by atoms with Crippen molar-refractivity contribution in [3.63, 3.8) is 0 Å². The molecule has 1 atom stereocenters. The summed E-state index contributed by atoms with van der Waals surface area (Å²) in [4.78, 5) is 1.65. The molecule has 110 valence electrons. The van der Waals surface area contributed by atoms with Crippen LogP contribution >= 0.6 is 11.3 Å². The number of hydrogen-bond donors (Lipinski definition) is 1. The molecule has 0 aromatic carbocycles. The number of fused-ring (bicyclic) bond motifs is 1. The summed E-state index contributed by atoms with van der Waals surface area (Å²) >= 11 is 1.97. The Hall–Kier alpha value is -0.340. The van der Waals surface area contributed by atoms with Gasteiger partial charge < -0.3 is 5.32 Å². The molecule has 0 bridgehead atoms. The van der Waals surface area contributed by atoms with Gasteiger partial charge in [0.25, 0.3) is 0 Å². The molecule has 1 spiro atoms. The second-order valence-electron chi connectivity index (χ2n) is 7.39. The lowest BCUT2D eigenvalue weighted by molar-refractivity contribution is 0.161. The Morgan fingerprint density at radius 2 is 1.80 bits per heavy atom. The Kier molecular flexibility index (Phi) is 3.64. The quantitative estimate of drug-likeness (QED) is 0.787. The molecular formula is C18H27NS. The molecule has 0 saturated heterocycles. The molecule has 4 rings (SSSR count). The molecule has 0 radical (unpaired) electrons. The molecule has 20 heavy (non-hydrogen) atoms. The molecule has 1 aromatic heterocycles. The highest BCUT2D eigenvalue weighted by Crippen LogP contribution is 2.49. The normalized spacial score (nSPS) is 29.7. The van der Waals surface area contributed by atoms with Crippen molar-refractivity contribution in [3.8, 4) is 0 Å². The highest BCUT2D eigenvalue weighted by atomic mass is 32.1. The maximum absolute atomic E-state index is 4.01. The number of nitrogens with one attached hydrogen (secondary N) is 1. The van der Waals surface area contributed by atoms with Crippen LogP contribution in [0.15, 0.2) is 11.4 Å². The predicted octanol–water partition coefficient (Wildman–Crippen LogP) is 5.22. The lowest BCUT2D eigenvalue weighted by Crippen LogP contribution is -2.39.